The summed E-state index contributed by atoms with van der Waals surface area (Å²) >= 11 is 0. The molecular weight excluding hydrogens is 1070 g/mol. The van der Waals surface area contributed by atoms with E-state index in [2.05, 4.69) is 197 Å². The fraction of sp³-hybridized carbons (Fsp3) is 0.286. The van der Waals surface area contributed by atoms with E-state index in [9.17, 15) is 9.90 Å². The fourth-order valence-corrected chi connectivity index (χ4v) is 14.1. The summed E-state index contributed by atoms with van der Waals surface area (Å²) < 4.78 is 16.5. The average Bonchev–Trinajstić information content (AvgIpc) is 3.34. The maximum Gasteiger partial charge on any atom is 0.162 e. The van der Waals surface area contributed by atoms with Gasteiger partial charge in [0.1, 0.15) is 16.1 Å². The summed E-state index contributed by atoms with van der Waals surface area (Å²) in [5.74, 6) is 0.547. The number of hydrogen-bond acceptors (Lipinski definition) is 4. The SMILES string of the molecule is CCC(CC)C(=O)/C=C(\O)C(CC)CC.[2H]c1cc2cc([Si](C)(C)c3ccccc3)ccc2c(-c2[c-]c(C)cc(C)c2)n1.[2H]c1cc2cc([Si](C)(C)c3ccccc3)ccc2c(-c2[c-]c(C)cc(C)c2)n1.[Ir]. The third-order valence-corrected chi connectivity index (χ3v) is 20.8. The van der Waals surface area contributed by atoms with E-state index in [1.807, 2.05) is 39.8 Å². The van der Waals surface area contributed by atoms with Crippen LogP contribution in [0, 0.1) is 51.7 Å². The monoisotopic (exact) mass is 1140 g/mol. The average molecular weight is 1140 g/mol. The molecule has 0 spiro atoms. The molecule has 0 bridgehead atoms. The number of carbonyl (C=O) groups is 1. The molecule has 365 valence electrons. The minimum absolute atomic E-state index is 0. The summed E-state index contributed by atoms with van der Waals surface area (Å²) in [6.07, 6.45) is 5.50. The van der Waals surface area contributed by atoms with Crippen molar-refractivity contribution in [1.82, 2.24) is 9.97 Å². The van der Waals surface area contributed by atoms with Crippen molar-refractivity contribution in [3.8, 4) is 22.5 Å². The van der Waals surface area contributed by atoms with Gasteiger partial charge in [0, 0.05) is 50.4 Å². The van der Waals surface area contributed by atoms with Crippen LogP contribution in [0.15, 0.2) is 158 Å². The molecule has 0 aliphatic carbocycles. The van der Waals surface area contributed by atoms with E-state index in [1.165, 1.54) is 37.9 Å². The number of benzene rings is 6. The normalized spacial score (nSPS) is 12.1. The molecule has 0 amide bonds. The molecule has 1 N–H and O–H groups in total. The van der Waals surface area contributed by atoms with Gasteiger partial charge in [-0.25, -0.2) is 0 Å². The third kappa shape index (κ3) is 13.4. The van der Waals surface area contributed by atoms with Crippen LogP contribution in [0.3, 0.4) is 0 Å². The molecule has 2 heterocycles. The summed E-state index contributed by atoms with van der Waals surface area (Å²) in [6, 6.07) is 53.9. The smallest absolute Gasteiger partial charge is 0.162 e. The van der Waals surface area contributed by atoms with E-state index in [-0.39, 0.29) is 43.5 Å². The zero-order valence-electron chi connectivity index (χ0n) is 45.3. The third-order valence-electron chi connectivity index (χ3n) is 13.7. The Balaban J connectivity index is 0.000000210. The largest absolute Gasteiger partial charge is 0.512 e. The fourth-order valence-electron chi connectivity index (χ4n) is 9.31. The van der Waals surface area contributed by atoms with Crippen LogP contribution >= 0.6 is 0 Å². The summed E-state index contributed by atoms with van der Waals surface area (Å²) in [6.45, 7) is 25.9. The van der Waals surface area contributed by atoms with Gasteiger partial charge in [-0.15, -0.1) is 69.8 Å². The molecule has 0 saturated heterocycles. The van der Waals surface area contributed by atoms with Gasteiger partial charge < -0.3 is 15.1 Å². The summed E-state index contributed by atoms with van der Waals surface area (Å²) in [7, 11) is -3.59. The van der Waals surface area contributed by atoms with Crippen molar-refractivity contribution in [3.63, 3.8) is 0 Å². The predicted molar refractivity (Wildman–Crippen MR) is 301 cm³/mol. The van der Waals surface area contributed by atoms with E-state index in [0.717, 1.165) is 80.9 Å². The Morgan fingerprint density at radius 1 is 0.557 bits per heavy atom. The molecule has 7 heteroatoms. The van der Waals surface area contributed by atoms with Crippen LogP contribution in [0.4, 0.5) is 0 Å². The Hall–Kier alpha value is -5.57. The number of aromatic nitrogens is 2. The number of aliphatic hydroxyl groups is 1. The molecule has 6 aromatic carbocycles. The number of carbonyl (C=O) groups excluding carboxylic acids is 1. The summed E-state index contributed by atoms with van der Waals surface area (Å²) in [5, 5.41) is 19.6. The van der Waals surface area contributed by atoms with Gasteiger partial charge in [-0.05, 0) is 70.7 Å². The molecule has 0 fully saturated rings. The molecule has 8 aromatic rings. The van der Waals surface area contributed by atoms with Crippen molar-refractivity contribution >= 4 is 64.2 Å². The maximum atomic E-state index is 11.7. The molecule has 0 aliphatic rings. The van der Waals surface area contributed by atoms with Crippen LogP contribution in [0.2, 0.25) is 26.2 Å². The molecule has 1 radical (unpaired) electrons. The van der Waals surface area contributed by atoms with Gasteiger partial charge in [0.15, 0.2) is 5.78 Å². The van der Waals surface area contributed by atoms with E-state index >= 15 is 0 Å². The van der Waals surface area contributed by atoms with Gasteiger partial charge in [-0.3, -0.25) is 4.79 Å². The molecule has 70 heavy (non-hydrogen) atoms. The van der Waals surface area contributed by atoms with Gasteiger partial charge in [0.05, 0.1) is 8.50 Å². The zero-order valence-corrected chi connectivity index (χ0v) is 47.7. The van der Waals surface area contributed by atoms with Gasteiger partial charge in [-0.1, -0.05) is 199 Å². The Morgan fingerprint density at radius 2 is 0.943 bits per heavy atom. The maximum absolute atomic E-state index is 11.7. The Kier molecular flexibility index (Phi) is 18.7. The van der Waals surface area contributed by atoms with E-state index in [0.29, 0.717) is 12.3 Å². The summed E-state index contributed by atoms with van der Waals surface area (Å²) in [5.41, 5.74) is 8.17. The van der Waals surface area contributed by atoms with Gasteiger partial charge >= 0.3 is 0 Å². The zero-order chi connectivity index (χ0) is 51.6. The molecule has 8 rings (SSSR count). The van der Waals surface area contributed by atoms with Crippen LogP contribution in [0.5, 0.6) is 0 Å². The van der Waals surface area contributed by atoms with E-state index in [4.69, 9.17) is 2.74 Å². The predicted octanol–water partition coefficient (Wildman–Crippen LogP) is 14.2. The molecule has 0 aliphatic heterocycles. The molecule has 4 nitrogen and oxygen atoms in total. The van der Waals surface area contributed by atoms with Crippen molar-refractivity contribution in [2.75, 3.05) is 0 Å². The van der Waals surface area contributed by atoms with E-state index in [1.54, 1.807) is 0 Å². The van der Waals surface area contributed by atoms with Crippen LogP contribution < -0.4 is 20.7 Å². The number of ketones is 1. The van der Waals surface area contributed by atoms with Crippen LogP contribution in [0.25, 0.3) is 44.1 Å². The van der Waals surface area contributed by atoms with Crippen LogP contribution in [-0.4, -0.2) is 37.0 Å². The number of rotatable bonds is 13. The Labute approximate surface area is 438 Å². The number of nitrogens with zero attached hydrogens (tertiary/aromatic N) is 2. The molecular formula is C63H72IrN2O2Si2-2. The van der Waals surface area contributed by atoms with Crippen molar-refractivity contribution < 1.29 is 32.7 Å². The second-order valence-corrected chi connectivity index (χ2v) is 28.4. The first-order valence-corrected chi connectivity index (χ1v) is 30.7. The Bertz CT molecular complexity index is 2920. The standard InChI is InChI=1S/2C25H24NSi.C13H24O2.Ir/c2*1-18-14-19(2)16-21(15-18)25-24-11-10-23(17-20(24)12-13-26-25)27(3,4)22-8-6-5-7-9-22;1-5-10(6-2)12(14)9-13(15)11(7-3)8-4;/h2*5-15,17H,1-4H3;9-11,14H,5-8H2,1-4H3;/q2*-1;;/b;;12-9-;/i2*13D;;. The van der Waals surface area contributed by atoms with Gasteiger partial charge in [0.2, 0.25) is 0 Å². The van der Waals surface area contributed by atoms with Crippen molar-refractivity contribution in [2.24, 2.45) is 11.8 Å². The first-order valence-electron chi connectivity index (χ1n) is 25.7. The van der Waals surface area contributed by atoms with Crippen LogP contribution in [-0.2, 0) is 24.9 Å². The number of fused-ring (bicyclic) bond motifs is 2. The topological polar surface area (TPSA) is 63.1 Å². The van der Waals surface area contributed by atoms with Crippen molar-refractivity contribution in [1.29, 1.82) is 0 Å². The first-order chi connectivity index (χ1) is 33.8. The Morgan fingerprint density at radius 3 is 1.30 bits per heavy atom. The first kappa shape index (κ1) is 52.3. The molecule has 0 unspecified atom stereocenters. The number of aryl methyl sites for hydroxylation is 4. The van der Waals surface area contributed by atoms with E-state index < -0.39 is 16.1 Å². The number of allylic oxidation sites excluding steroid dienone is 2. The molecule has 0 atom stereocenters. The minimum atomic E-state index is -1.79. The minimum Gasteiger partial charge on any atom is -0.512 e. The molecule has 0 saturated carbocycles. The van der Waals surface area contributed by atoms with Gasteiger partial charge in [-0.2, -0.15) is 0 Å². The van der Waals surface area contributed by atoms with Gasteiger partial charge in [0.25, 0.3) is 0 Å². The summed E-state index contributed by atoms with van der Waals surface area (Å²) in [4.78, 5) is 20.8. The number of hydrogen-bond donors (Lipinski definition) is 1. The van der Waals surface area contributed by atoms with Crippen molar-refractivity contribution in [3.05, 3.63) is 192 Å². The second kappa shape index (κ2) is 25.0. The van der Waals surface area contributed by atoms with Crippen LogP contribution in [0.1, 0.15) is 78.4 Å². The number of aliphatic hydroxyl groups excluding tert-OH is 1. The second-order valence-electron chi connectivity index (χ2n) is 19.6. The number of pyridine rings is 2. The quantitative estimate of drug-likeness (QED) is 0.0541. The molecule has 2 aromatic heterocycles. The van der Waals surface area contributed by atoms with Crippen molar-refractivity contribution in [2.45, 2.75) is 107 Å².